The molecule has 2 aliphatic heterocycles. The summed E-state index contributed by atoms with van der Waals surface area (Å²) in [4.78, 5) is 9.42. The van der Waals surface area contributed by atoms with Crippen molar-refractivity contribution in [1.29, 1.82) is 0 Å². The molecule has 0 amide bonds. The van der Waals surface area contributed by atoms with E-state index in [1.165, 1.54) is 5.69 Å². The number of likely N-dealkylation sites (N-methyl/N-ethyl adjacent to an activating group) is 1. The Bertz CT molecular complexity index is 1260. The minimum Gasteiger partial charge on any atom is -0.415 e. The first-order chi connectivity index (χ1) is 19.4. The molecule has 0 unspecified atom stereocenters. The second-order valence-corrected chi connectivity index (χ2v) is 11.8. The van der Waals surface area contributed by atoms with Crippen LogP contribution in [0.3, 0.4) is 0 Å². The molecule has 5 rings (SSSR count). The molecule has 216 valence electrons. The van der Waals surface area contributed by atoms with E-state index in [-0.39, 0.29) is 16.4 Å². The summed E-state index contributed by atoms with van der Waals surface area (Å²) >= 11 is 0. The number of nitrogens with zero attached hydrogens (tertiary/aromatic N) is 6. The van der Waals surface area contributed by atoms with E-state index in [0.29, 0.717) is 12.1 Å². The summed E-state index contributed by atoms with van der Waals surface area (Å²) < 4.78 is 30.8. The average molecular weight is 571 g/mol. The lowest BCUT2D eigenvalue weighted by Gasteiger charge is -2.39. The number of benzene rings is 2. The van der Waals surface area contributed by atoms with Gasteiger partial charge in [-0.15, -0.1) is 10.2 Å². The van der Waals surface area contributed by atoms with Crippen molar-refractivity contribution in [3.8, 4) is 11.5 Å². The van der Waals surface area contributed by atoms with E-state index in [0.717, 1.165) is 67.8 Å². The van der Waals surface area contributed by atoms with Crippen molar-refractivity contribution in [2.75, 3.05) is 67.6 Å². The predicted octanol–water partition coefficient (Wildman–Crippen LogP) is 5.95. The van der Waals surface area contributed by atoms with Crippen LogP contribution in [0.25, 0.3) is 11.5 Å². The van der Waals surface area contributed by atoms with Gasteiger partial charge in [0, 0.05) is 74.3 Å². The largest absolute Gasteiger partial charge is 0.415 e. The third kappa shape index (κ3) is 7.28. The Labute approximate surface area is 239 Å². The molecule has 0 saturated carbocycles. The molecule has 3 aromatic rings. The molecule has 3 heterocycles. The molecule has 7 nitrogen and oxygen atoms in total. The molecule has 40 heavy (non-hydrogen) atoms. The first kappa shape index (κ1) is 29.7. The zero-order valence-electron chi connectivity index (χ0n) is 23.7. The van der Waals surface area contributed by atoms with Gasteiger partial charge in [-0.25, -0.2) is 0 Å². The second-order valence-electron chi connectivity index (χ2n) is 9.76. The fourth-order valence-corrected chi connectivity index (χ4v) is 5.91. The molecule has 10 heteroatoms. The van der Waals surface area contributed by atoms with E-state index in [1.54, 1.807) is 0 Å². The summed E-state index contributed by atoms with van der Waals surface area (Å²) in [6, 6.07) is 16.3. The Balaban J connectivity index is 0.00000181. The van der Waals surface area contributed by atoms with Crippen molar-refractivity contribution in [3.63, 3.8) is 0 Å². The minimum atomic E-state index is -2.79. The normalized spacial score (nSPS) is 16.6. The smallest absolute Gasteiger partial charge is 0.314 e. The van der Waals surface area contributed by atoms with Crippen molar-refractivity contribution < 1.29 is 13.2 Å². The summed E-state index contributed by atoms with van der Waals surface area (Å²) in [5.74, 6) is 6.81. The topological polar surface area (TPSA) is 51.9 Å². The molecule has 2 aliphatic rings. The van der Waals surface area contributed by atoms with Crippen LogP contribution in [0.15, 0.2) is 65.3 Å². The quantitative estimate of drug-likeness (QED) is 0.311. The van der Waals surface area contributed by atoms with Crippen LogP contribution in [0.2, 0.25) is 0 Å². The van der Waals surface area contributed by atoms with Gasteiger partial charge < -0.3 is 24.0 Å². The van der Waals surface area contributed by atoms with E-state index >= 15 is 0 Å². The van der Waals surface area contributed by atoms with Crippen LogP contribution >= 0.6 is 10.5 Å². The van der Waals surface area contributed by atoms with Gasteiger partial charge in [0.2, 0.25) is 5.89 Å². The van der Waals surface area contributed by atoms with Gasteiger partial charge in [0.1, 0.15) is 5.82 Å². The Hall–Kier alpha value is -3.24. The summed E-state index contributed by atoms with van der Waals surface area (Å²) in [5, 5.41) is 7.19. The second kappa shape index (κ2) is 13.9. The van der Waals surface area contributed by atoms with E-state index in [4.69, 9.17) is 4.42 Å². The van der Waals surface area contributed by atoms with Gasteiger partial charge in [-0.1, -0.05) is 44.5 Å². The van der Waals surface area contributed by atoms with Crippen LogP contribution in [0, 0.1) is 0 Å². The van der Waals surface area contributed by atoms with E-state index in [1.807, 2.05) is 38.1 Å². The van der Waals surface area contributed by atoms with Gasteiger partial charge in [-0.05, 0) is 42.9 Å². The summed E-state index contributed by atoms with van der Waals surface area (Å²) in [6.07, 6.45) is -2.79. The van der Waals surface area contributed by atoms with Gasteiger partial charge in [0.15, 0.2) is 0 Å². The molecule has 2 aromatic carbocycles. The maximum atomic E-state index is 12.9. The highest BCUT2D eigenvalue weighted by Crippen LogP contribution is 2.31. The average Bonchev–Trinajstić information content (AvgIpc) is 3.49. The first-order valence-electron chi connectivity index (χ1n) is 13.8. The Morgan fingerprint density at radius 2 is 1.68 bits per heavy atom. The van der Waals surface area contributed by atoms with E-state index < -0.39 is 12.3 Å². The maximum Gasteiger partial charge on any atom is 0.314 e. The standard InChI is InChI=1S/C28H34F2N6OS.C2H6/c1-21(34-15-17-38(3)18-16-34)36(25-6-4-5-24(19-25)35-13-11-33(2)12-14-35)20-22-7-9-23(10-8-22)27-31-32-28(37-27)26(29)30;1-2/h4-10,19,26H,1,3,11-18,20H2,2H3;1-2H3. The van der Waals surface area contributed by atoms with Crippen LogP contribution in [0.1, 0.15) is 31.7 Å². The number of piperazine rings is 1. The van der Waals surface area contributed by atoms with Crippen LogP contribution in [-0.4, -0.2) is 83.7 Å². The molecule has 0 bridgehead atoms. The fourth-order valence-electron chi connectivity index (χ4n) is 4.75. The van der Waals surface area contributed by atoms with Gasteiger partial charge >= 0.3 is 6.43 Å². The molecule has 0 atom stereocenters. The number of halogens is 2. The highest BCUT2D eigenvalue weighted by Gasteiger charge is 2.22. The van der Waals surface area contributed by atoms with Gasteiger partial charge in [-0.2, -0.15) is 19.3 Å². The third-order valence-corrected chi connectivity index (χ3v) is 8.67. The lowest BCUT2D eigenvalue weighted by Crippen LogP contribution is -2.44. The van der Waals surface area contributed by atoms with Gasteiger partial charge in [0.05, 0.1) is 0 Å². The van der Waals surface area contributed by atoms with Gasteiger partial charge in [-0.3, -0.25) is 0 Å². The SMILES string of the molecule is C=C(N1CCS(=C)CC1)N(Cc1ccc(-c2nnc(C(F)F)o2)cc1)c1cccc(N2CCN(C)CC2)c1.CC. The molecule has 0 spiro atoms. The van der Waals surface area contributed by atoms with E-state index in [2.05, 4.69) is 73.6 Å². The zero-order chi connectivity index (χ0) is 28.6. The molecule has 1 aromatic heterocycles. The molecular weight excluding hydrogens is 530 g/mol. The highest BCUT2D eigenvalue weighted by atomic mass is 32.2. The minimum absolute atomic E-state index is 0.0878. The van der Waals surface area contributed by atoms with Crippen LogP contribution < -0.4 is 9.80 Å². The van der Waals surface area contributed by atoms with Crippen molar-refractivity contribution in [3.05, 3.63) is 72.4 Å². The third-order valence-electron chi connectivity index (χ3n) is 7.16. The number of hydrogen-bond acceptors (Lipinski definition) is 7. The number of rotatable bonds is 8. The lowest BCUT2D eigenvalue weighted by atomic mass is 10.1. The van der Waals surface area contributed by atoms with Crippen LogP contribution in [-0.2, 0) is 6.54 Å². The molecule has 2 saturated heterocycles. The summed E-state index contributed by atoms with van der Waals surface area (Å²) in [5.41, 5.74) is 3.97. The van der Waals surface area contributed by atoms with Crippen LogP contribution in [0.5, 0.6) is 0 Å². The molecule has 0 aliphatic carbocycles. The number of alkyl halides is 2. The number of aromatic nitrogens is 2. The molecular formula is C30H40F2N6OS. The lowest BCUT2D eigenvalue weighted by molar-refractivity contribution is 0.116. The highest BCUT2D eigenvalue weighted by molar-refractivity contribution is 8.14. The molecule has 2 fully saturated rings. The zero-order valence-corrected chi connectivity index (χ0v) is 24.5. The van der Waals surface area contributed by atoms with Crippen molar-refractivity contribution >= 4 is 27.7 Å². The number of anilines is 2. The molecule has 0 radical (unpaired) electrons. The van der Waals surface area contributed by atoms with Crippen molar-refractivity contribution in [1.82, 2.24) is 20.0 Å². The van der Waals surface area contributed by atoms with Gasteiger partial charge in [0.25, 0.3) is 5.89 Å². The Morgan fingerprint density at radius 1 is 1.00 bits per heavy atom. The predicted molar refractivity (Wildman–Crippen MR) is 164 cm³/mol. The molecule has 0 N–H and O–H groups in total. The maximum absolute atomic E-state index is 12.9. The summed E-state index contributed by atoms with van der Waals surface area (Å²) in [6.45, 7) is 15.1. The fraction of sp³-hybridized carbons (Fsp3) is 0.433. The Kier molecular flexibility index (Phi) is 10.3. The monoisotopic (exact) mass is 570 g/mol. The number of hydrogen-bond donors (Lipinski definition) is 0. The van der Waals surface area contributed by atoms with E-state index in [9.17, 15) is 8.78 Å². The first-order valence-corrected chi connectivity index (χ1v) is 15.5. The van der Waals surface area contributed by atoms with Crippen LogP contribution in [0.4, 0.5) is 20.2 Å². The Morgan fingerprint density at radius 3 is 2.30 bits per heavy atom. The van der Waals surface area contributed by atoms with Crippen molar-refractivity contribution in [2.45, 2.75) is 26.8 Å². The summed E-state index contributed by atoms with van der Waals surface area (Å²) in [7, 11) is 2.38. The van der Waals surface area contributed by atoms with Crippen molar-refractivity contribution in [2.24, 2.45) is 0 Å².